The number of hydrogen-bond acceptors (Lipinski definition) is 5. The van der Waals surface area contributed by atoms with E-state index in [2.05, 4.69) is 15.1 Å². The van der Waals surface area contributed by atoms with Crippen LogP contribution in [0.25, 0.3) is 0 Å². The van der Waals surface area contributed by atoms with Gasteiger partial charge in [0.1, 0.15) is 6.29 Å². The standard InChI is InChI=1S/C11H12N4O2/c12-11(17)10-9(1-2-13-14-10)15-3-6-7(4-15)8(6)5-16/h1-2,5-8H,3-4H2,(H2,12,17)/t6-,7+,8?. The van der Waals surface area contributed by atoms with Gasteiger partial charge in [-0.3, -0.25) is 4.79 Å². The number of piperidine rings is 1. The Bertz CT molecular complexity index is 478. The van der Waals surface area contributed by atoms with E-state index in [0.29, 0.717) is 11.8 Å². The molecule has 17 heavy (non-hydrogen) atoms. The third kappa shape index (κ3) is 1.48. The molecule has 1 aliphatic carbocycles. The average Bonchev–Trinajstić information content (AvgIpc) is 2.81. The van der Waals surface area contributed by atoms with Gasteiger partial charge in [-0.25, -0.2) is 0 Å². The molecule has 1 amide bonds. The van der Waals surface area contributed by atoms with E-state index in [1.807, 2.05) is 0 Å². The zero-order chi connectivity index (χ0) is 12.0. The van der Waals surface area contributed by atoms with E-state index < -0.39 is 5.91 Å². The number of anilines is 1. The predicted octanol–water partition coefficient (Wildman–Crippen LogP) is -0.543. The van der Waals surface area contributed by atoms with Crippen LogP contribution in [-0.2, 0) is 4.79 Å². The van der Waals surface area contributed by atoms with Crippen LogP contribution in [0.1, 0.15) is 10.5 Å². The molecule has 1 saturated carbocycles. The summed E-state index contributed by atoms with van der Waals surface area (Å²) >= 11 is 0. The summed E-state index contributed by atoms with van der Waals surface area (Å²) < 4.78 is 0. The Kier molecular flexibility index (Phi) is 2.10. The summed E-state index contributed by atoms with van der Waals surface area (Å²) in [5, 5.41) is 7.43. The molecular formula is C11H12N4O2. The number of fused-ring (bicyclic) bond motifs is 1. The van der Waals surface area contributed by atoms with Gasteiger partial charge in [-0.05, 0) is 17.9 Å². The number of primary amides is 1. The summed E-state index contributed by atoms with van der Waals surface area (Å²) in [6.45, 7) is 1.58. The van der Waals surface area contributed by atoms with Crippen LogP contribution in [0.15, 0.2) is 12.3 Å². The van der Waals surface area contributed by atoms with Crippen molar-refractivity contribution in [3.8, 4) is 0 Å². The molecule has 2 N–H and O–H groups in total. The Labute approximate surface area is 97.8 Å². The summed E-state index contributed by atoms with van der Waals surface area (Å²) in [5.41, 5.74) is 6.19. The average molecular weight is 232 g/mol. The van der Waals surface area contributed by atoms with Gasteiger partial charge in [-0.1, -0.05) is 0 Å². The second kappa shape index (κ2) is 3.51. The van der Waals surface area contributed by atoms with E-state index in [9.17, 15) is 9.59 Å². The van der Waals surface area contributed by atoms with Crippen LogP contribution in [-0.4, -0.2) is 35.5 Å². The number of aromatic nitrogens is 2. The van der Waals surface area contributed by atoms with Gasteiger partial charge in [0.25, 0.3) is 5.91 Å². The summed E-state index contributed by atoms with van der Waals surface area (Å²) in [6, 6.07) is 1.74. The third-order valence-corrected chi connectivity index (χ3v) is 3.69. The molecule has 1 aromatic heterocycles. The van der Waals surface area contributed by atoms with Crippen LogP contribution in [0.5, 0.6) is 0 Å². The van der Waals surface area contributed by atoms with Gasteiger partial charge < -0.3 is 15.4 Å². The predicted molar refractivity (Wildman–Crippen MR) is 59.3 cm³/mol. The summed E-state index contributed by atoms with van der Waals surface area (Å²) in [6.07, 6.45) is 2.58. The fourth-order valence-corrected chi connectivity index (χ4v) is 2.73. The Morgan fingerprint density at radius 2 is 2.18 bits per heavy atom. The van der Waals surface area contributed by atoms with E-state index in [4.69, 9.17) is 5.73 Å². The second-order valence-electron chi connectivity index (χ2n) is 4.58. The van der Waals surface area contributed by atoms with Gasteiger partial charge in [-0.15, -0.1) is 5.10 Å². The molecule has 1 saturated heterocycles. The molecule has 1 unspecified atom stereocenters. The smallest absolute Gasteiger partial charge is 0.271 e. The third-order valence-electron chi connectivity index (χ3n) is 3.69. The molecule has 1 aromatic rings. The SMILES string of the molecule is NC(=O)c1nnccc1N1C[C@@H]2C(C=O)[C@@H]2C1. The Morgan fingerprint density at radius 3 is 2.76 bits per heavy atom. The highest BCUT2D eigenvalue weighted by Gasteiger charge is 2.55. The summed E-state index contributed by atoms with van der Waals surface area (Å²) in [4.78, 5) is 24.0. The lowest BCUT2D eigenvalue weighted by Crippen LogP contribution is -2.28. The lowest BCUT2D eigenvalue weighted by Gasteiger charge is -2.21. The molecule has 2 heterocycles. The number of nitrogens with zero attached hydrogens (tertiary/aromatic N) is 3. The van der Waals surface area contributed by atoms with E-state index in [0.717, 1.165) is 25.1 Å². The van der Waals surface area contributed by atoms with Crippen molar-refractivity contribution in [2.24, 2.45) is 23.5 Å². The van der Waals surface area contributed by atoms with Gasteiger partial charge in [0.05, 0.1) is 11.9 Å². The number of nitrogens with two attached hydrogens (primary N) is 1. The van der Waals surface area contributed by atoms with E-state index in [-0.39, 0.29) is 11.6 Å². The Morgan fingerprint density at radius 1 is 1.47 bits per heavy atom. The lowest BCUT2D eigenvalue weighted by atomic mass is 10.2. The molecule has 0 bridgehead atoms. The van der Waals surface area contributed by atoms with Crippen LogP contribution >= 0.6 is 0 Å². The molecule has 2 fully saturated rings. The van der Waals surface area contributed by atoms with Gasteiger partial charge in [-0.2, -0.15) is 5.10 Å². The van der Waals surface area contributed by atoms with Crippen molar-refractivity contribution < 1.29 is 9.59 Å². The first kappa shape index (κ1) is 10.2. The van der Waals surface area contributed by atoms with Crippen molar-refractivity contribution >= 4 is 17.9 Å². The van der Waals surface area contributed by atoms with Crippen LogP contribution in [0.3, 0.4) is 0 Å². The summed E-state index contributed by atoms with van der Waals surface area (Å²) in [5.74, 6) is 0.501. The highest BCUT2D eigenvalue weighted by molar-refractivity contribution is 5.96. The zero-order valence-corrected chi connectivity index (χ0v) is 9.11. The minimum atomic E-state index is -0.569. The van der Waals surface area contributed by atoms with E-state index in [1.54, 1.807) is 12.3 Å². The normalized spacial score (nSPS) is 29.9. The first-order valence-electron chi connectivity index (χ1n) is 5.54. The quantitative estimate of drug-likeness (QED) is 0.707. The monoisotopic (exact) mass is 232 g/mol. The lowest BCUT2D eigenvalue weighted by molar-refractivity contribution is -0.109. The maximum absolute atomic E-state index is 11.2. The van der Waals surface area contributed by atoms with Crippen molar-refractivity contribution in [1.82, 2.24) is 10.2 Å². The minimum Gasteiger partial charge on any atom is -0.369 e. The van der Waals surface area contributed by atoms with Crippen LogP contribution in [0.4, 0.5) is 5.69 Å². The minimum absolute atomic E-state index is 0.205. The molecule has 0 aromatic carbocycles. The van der Waals surface area contributed by atoms with Crippen LogP contribution in [0, 0.1) is 17.8 Å². The molecule has 3 atom stereocenters. The number of amides is 1. The van der Waals surface area contributed by atoms with Gasteiger partial charge in [0, 0.05) is 19.0 Å². The first-order valence-corrected chi connectivity index (χ1v) is 5.54. The van der Waals surface area contributed by atoms with Gasteiger partial charge in [0.2, 0.25) is 0 Å². The first-order chi connectivity index (χ1) is 8.22. The van der Waals surface area contributed by atoms with E-state index in [1.165, 1.54) is 0 Å². The number of aldehydes is 1. The fourth-order valence-electron chi connectivity index (χ4n) is 2.73. The molecule has 0 spiro atoms. The zero-order valence-electron chi connectivity index (χ0n) is 9.11. The number of carbonyl (C=O) groups is 2. The molecule has 6 heteroatoms. The van der Waals surface area contributed by atoms with Crippen molar-refractivity contribution in [2.75, 3.05) is 18.0 Å². The Hall–Kier alpha value is -1.98. The molecule has 88 valence electrons. The largest absolute Gasteiger partial charge is 0.369 e. The maximum atomic E-state index is 11.2. The van der Waals surface area contributed by atoms with Crippen molar-refractivity contribution in [1.29, 1.82) is 0 Å². The van der Waals surface area contributed by atoms with Crippen molar-refractivity contribution in [3.63, 3.8) is 0 Å². The van der Waals surface area contributed by atoms with Gasteiger partial charge in [0.15, 0.2) is 5.69 Å². The summed E-state index contributed by atoms with van der Waals surface area (Å²) in [7, 11) is 0. The number of hydrogen-bond donors (Lipinski definition) is 1. The molecule has 1 aliphatic heterocycles. The molecule has 3 rings (SSSR count). The number of rotatable bonds is 3. The highest BCUT2D eigenvalue weighted by atomic mass is 16.1. The second-order valence-corrected chi connectivity index (χ2v) is 4.58. The molecular weight excluding hydrogens is 220 g/mol. The molecule has 6 nitrogen and oxygen atoms in total. The van der Waals surface area contributed by atoms with Crippen molar-refractivity contribution in [3.05, 3.63) is 18.0 Å². The fraction of sp³-hybridized carbons (Fsp3) is 0.455. The van der Waals surface area contributed by atoms with Crippen LogP contribution < -0.4 is 10.6 Å². The van der Waals surface area contributed by atoms with Crippen molar-refractivity contribution in [2.45, 2.75) is 0 Å². The van der Waals surface area contributed by atoms with Gasteiger partial charge >= 0.3 is 0 Å². The molecule has 0 radical (unpaired) electrons. The van der Waals surface area contributed by atoms with Crippen LogP contribution in [0.2, 0.25) is 0 Å². The molecule has 2 aliphatic rings. The van der Waals surface area contributed by atoms with E-state index >= 15 is 0 Å². The topological polar surface area (TPSA) is 89.2 Å². The Balaban J connectivity index is 1.83. The highest BCUT2D eigenvalue weighted by Crippen LogP contribution is 2.51. The maximum Gasteiger partial charge on any atom is 0.271 e. The number of carbonyl (C=O) groups excluding carboxylic acids is 2.